The topological polar surface area (TPSA) is 237 Å². The number of hydrogen-bond donors (Lipinski definition) is 3. The second kappa shape index (κ2) is 55.6. The van der Waals surface area contributed by atoms with Gasteiger partial charge in [-0.2, -0.15) is 0 Å². The Labute approximate surface area is 498 Å². The number of esters is 4. The minimum absolute atomic E-state index is 0.102. The summed E-state index contributed by atoms with van der Waals surface area (Å²) in [5, 5.41) is 10.5. The van der Waals surface area contributed by atoms with E-state index in [4.69, 9.17) is 37.0 Å². The average Bonchev–Trinajstić information content (AvgIpc) is 3.46. The molecule has 17 nitrogen and oxygen atoms in total. The Morgan fingerprint density at radius 3 is 0.866 bits per heavy atom. The number of phosphoric acid groups is 2. The molecule has 0 aromatic heterocycles. The monoisotopic (exact) mass is 1210 g/mol. The zero-order chi connectivity index (χ0) is 60.8. The average molecular weight is 1210 g/mol. The number of hydrogen-bond acceptors (Lipinski definition) is 15. The third-order valence-electron chi connectivity index (χ3n) is 15.2. The lowest BCUT2D eigenvalue weighted by atomic mass is 9.99. The minimum Gasteiger partial charge on any atom is -0.462 e. The van der Waals surface area contributed by atoms with Crippen molar-refractivity contribution in [1.29, 1.82) is 0 Å². The normalized spacial score (nSPS) is 15.0. The fourth-order valence-corrected chi connectivity index (χ4v) is 10.9. The molecule has 0 bridgehead atoms. The Morgan fingerprint density at radius 2 is 0.585 bits per heavy atom. The zero-order valence-corrected chi connectivity index (χ0v) is 54.6. The minimum atomic E-state index is -4.94. The van der Waals surface area contributed by atoms with Gasteiger partial charge in [-0.3, -0.25) is 37.3 Å². The summed E-state index contributed by atoms with van der Waals surface area (Å²) in [5.74, 6) is -0.642. The van der Waals surface area contributed by atoms with Gasteiger partial charge < -0.3 is 33.8 Å². The fraction of sp³-hybridized carbons (Fsp3) is 0.937. The van der Waals surface area contributed by atoms with Gasteiger partial charge in [-0.05, 0) is 37.5 Å². The Bertz CT molecular complexity index is 1620. The van der Waals surface area contributed by atoms with Crippen LogP contribution in [0.1, 0.15) is 311 Å². The Morgan fingerprint density at radius 1 is 0.341 bits per heavy atom. The third-order valence-corrected chi connectivity index (χ3v) is 17.1. The molecule has 0 spiro atoms. The van der Waals surface area contributed by atoms with Gasteiger partial charge in [-0.25, -0.2) is 9.13 Å². The molecule has 0 rings (SSSR count). The SMILES string of the molecule is CCCCCCCCCCCCCCCC(=O)O[C@H](COC(=O)CCCCCCCCCCC(C)CC)COP(=O)(O)OC[C@@H](O)COP(=O)(O)OC[C@@H](COC(=O)CCCCCCCCC)OC(=O)CCCCCCCCC(C)CC. The van der Waals surface area contributed by atoms with Gasteiger partial charge in [-0.15, -0.1) is 0 Å². The summed E-state index contributed by atoms with van der Waals surface area (Å²) >= 11 is 0. The molecule has 0 saturated carbocycles. The summed E-state index contributed by atoms with van der Waals surface area (Å²) in [7, 11) is -9.88. The van der Waals surface area contributed by atoms with Gasteiger partial charge >= 0.3 is 39.5 Å². The van der Waals surface area contributed by atoms with Crippen molar-refractivity contribution in [2.24, 2.45) is 11.8 Å². The molecule has 3 N–H and O–H groups in total. The van der Waals surface area contributed by atoms with Crippen molar-refractivity contribution in [3.05, 3.63) is 0 Å². The van der Waals surface area contributed by atoms with Crippen LogP contribution in [0, 0.1) is 11.8 Å². The number of carbonyl (C=O) groups is 4. The summed E-state index contributed by atoms with van der Waals surface area (Å²) in [6, 6.07) is 0. The van der Waals surface area contributed by atoms with Crippen molar-refractivity contribution in [1.82, 2.24) is 0 Å². The fourth-order valence-electron chi connectivity index (χ4n) is 9.29. The van der Waals surface area contributed by atoms with E-state index in [1.54, 1.807) is 0 Å². The van der Waals surface area contributed by atoms with Crippen molar-refractivity contribution >= 4 is 39.5 Å². The smallest absolute Gasteiger partial charge is 0.462 e. The quantitative estimate of drug-likeness (QED) is 0.0222. The molecular formula is C63H122O17P2. The van der Waals surface area contributed by atoms with Gasteiger partial charge in [0.05, 0.1) is 26.4 Å². The van der Waals surface area contributed by atoms with Crippen LogP contribution in [0.4, 0.5) is 0 Å². The maximum atomic E-state index is 13.0. The molecule has 0 amide bonds. The standard InChI is InChI=1S/C63H122O17P2/c1-7-11-13-15-17-18-19-20-21-22-28-35-41-47-62(67)79-58(52-74-61(66)46-40-34-27-24-23-26-31-37-43-55(5)9-3)53-77-81(69,70)75-49-57(64)50-76-82(71,72)78-54-59(51-73-60(65)45-39-33-25-16-14-12-8-2)80-63(68)48-42-36-30-29-32-38-44-56(6)10-4/h55-59,64H,7-54H2,1-6H3,(H,69,70)(H,71,72)/t55?,56?,57-,58-,59-/m1/s1. The Kier molecular flexibility index (Phi) is 54.3. The summed E-state index contributed by atoms with van der Waals surface area (Å²) in [4.78, 5) is 72.1. The zero-order valence-electron chi connectivity index (χ0n) is 52.8. The van der Waals surface area contributed by atoms with E-state index in [1.807, 2.05) is 0 Å². The van der Waals surface area contributed by atoms with Crippen LogP contribution in [0.15, 0.2) is 0 Å². The lowest BCUT2D eigenvalue weighted by Crippen LogP contribution is -2.30. The largest absolute Gasteiger partial charge is 0.472 e. The molecule has 7 atom stereocenters. The molecule has 0 aliphatic carbocycles. The molecule has 486 valence electrons. The molecule has 0 aliphatic heterocycles. The van der Waals surface area contributed by atoms with Gasteiger partial charge in [0.1, 0.15) is 19.3 Å². The highest BCUT2D eigenvalue weighted by atomic mass is 31.2. The number of unbranched alkanes of at least 4 members (excludes halogenated alkanes) is 30. The molecule has 4 unspecified atom stereocenters. The van der Waals surface area contributed by atoms with E-state index in [1.165, 1.54) is 116 Å². The molecule has 0 saturated heterocycles. The van der Waals surface area contributed by atoms with Crippen molar-refractivity contribution < 1.29 is 80.2 Å². The first-order valence-corrected chi connectivity index (χ1v) is 36.1. The summed E-state index contributed by atoms with van der Waals surface area (Å²) < 4.78 is 67.9. The number of carbonyl (C=O) groups excluding carboxylic acids is 4. The molecule has 0 aromatic rings. The summed E-state index contributed by atoms with van der Waals surface area (Å²) in [6.07, 6.45) is 37.6. The van der Waals surface area contributed by atoms with E-state index < -0.39 is 97.5 Å². The van der Waals surface area contributed by atoms with Crippen molar-refractivity contribution in [3.8, 4) is 0 Å². The first-order valence-electron chi connectivity index (χ1n) is 33.1. The maximum Gasteiger partial charge on any atom is 0.472 e. The van der Waals surface area contributed by atoms with Crippen LogP contribution in [-0.2, 0) is 65.4 Å². The van der Waals surface area contributed by atoms with Crippen LogP contribution < -0.4 is 0 Å². The number of aliphatic hydroxyl groups is 1. The van der Waals surface area contributed by atoms with Crippen LogP contribution in [0.2, 0.25) is 0 Å². The molecule has 0 aliphatic rings. The van der Waals surface area contributed by atoms with E-state index in [2.05, 4.69) is 41.5 Å². The van der Waals surface area contributed by atoms with E-state index in [-0.39, 0.29) is 25.7 Å². The maximum absolute atomic E-state index is 13.0. The van der Waals surface area contributed by atoms with Crippen LogP contribution >= 0.6 is 15.6 Å². The van der Waals surface area contributed by atoms with Crippen molar-refractivity contribution in [2.45, 2.75) is 330 Å². The summed E-state index contributed by atoms with van der Waals surface area (Å²) in [5.41, 5.74) is 0. The Hall–Kier alpha value is -1.94. The molecule has 0 heterocycles. The van der Waals surface area contributed by atoms with Crippen LogP contribution in [0.3, 0.4) is 0 Å². The van der Waals surface area contributed by atoms with Gasteiger partial charge in [0, 0.05) is 25.7 Å². The lowest BCUT2D eigenvalue weighted by Gasteiger charge is -2.21. The van der Waals surface area contributed by atoms with Gasteiger partial charge in [0.2, 0.25) is 0 Å². The molecule has 0 aromatic carbocycles. The molecule has 19 heteroatoms. The highest BCUT2D eigenvalue weighted by Crippen LogP contribution is 2.45. The van der Waals surface area contributed by atoms with Crippen molar-refractivity contribution in [2.75, 3.05) is 39.6 Å². The second-order valence-corrected chi connectivity index (χ2v) is 26.2. The van der Waals surface area contributed by atoms with E-state index in [9.17, 15) is 43.2 Å². The Balaban J connectivity index is 5.23. The highest BCUT2D eigenvalue weighted by molar-refractivity contribution is 7.47. The molecule has 0 fully saturated rings. The van der Waals surface area contributed by atoms with Crippen molar-refractivity contribution in [3.63, 3.8) is 0 Å². The highest BCUT2D eigenvalue weighted by Gasteiger charge is 2.30. The first kappa shape index (κ1) is 80.1. The number of rotatable bonds is 62. The summed E-state index contributed by atoms with van der Waals surface area (Å²) in [6.45, 7) is 9.40. The first-order chi connectivity index (χ1) is 39.4. The van der Waals surface area contributed by atoms with E-state index in [0.29, 0.717) is 25.7 Å². The number of phosphoric ester groups is 2. The predicted molar refractivity (Wildman–Crippen MR) is 326 cm³/mol. The predicted octanol–water partition coefficient (Wildman–Crippen LogP) is 17.3. The second-order valence-electron chi connectivity index (χ2n) is 23.3. The molecule has 82 heavy (non-hydrogen) atoms. The van der Waals surface area contributed by atoms with Crippen LogP contribution in [0.25, 0.3) is 0 Å². The van der Waals surface area contributed by atoms with Gasteiger partial charge in [-0.1, -0.05) is 260 Å². The van der Waals surface area contributed by atoms with Crippen LogP contribution in [-0.4, -0.2) is 96.7 Å². The van der Waals surface area contributed by atoms with Gasteiger partial charge in [0.15, 0.2) is 12.2 Å². The lowest BCUT2D eigenvalue weighted by molar-refractivity contribution is -0.161. The molecule has 0 radical (unpaired) electrons. The van der Waals surface area contributed by atoms with E-state index >= 15 is 0 Å². The van der Waals surface area contributed by atoms with Gasteiger partial charge in [0.25, 0.3) is 0 Å². The molecular weight excluding hydrogens is 1090 g/mol. The number of ether oxygens (including phenoxy) is 4. The van der Waals surface area contributed by atoms with Crippen LogP contribution in [0.5, 0.6) is 0 Å². The number of aliphatic hydroxyl groups excluding tert-OH is 1. The third kappa shape index (κ3) is 54.7. The van der Waals surface area contributed by atoms with E-state index in [0.717, 1.165) is 115 Å².